The Kier molecular flexibility index (Phi) is 7.21. The van der Waals surface area contributed by atoms with Gasteiger partial charge in [-0.1, -0.05) is 26.2 Å². The van der Waals surface area contributed by atoms with E-state index in [4.69, 9.17) is 9.05 Å². The molecule has 0 saturated carbocycles. The Balaban J connectivity index is 1.74. The maximum Gasteiger partial charge on any atom is 0.327 e. The predicted octanol–water partition coefficient (Wildman–Crippen LogP) is 4.30. The summed E-state index contributed by atoms with van der Waals surface area (Å²) >= 11 is 0. The highest BCUT2D eigenvalue weighted by Gasteiger charge is 2.34. The lowest BCUT2D eigenvalue weighted by molar-refractivity contribution is 0.0329. The van der Waals surface area contributed by atoms with Crippen molar-refractivity contribution in [3.05, 3.63) is 0 Å². The minimum absolute atomic E-state index is 0.534. The highest BCUT2D eigenvalue weighted by atomic mass is 31.2. The number of hydrogen-bond donors (Lipinski definition) is 0. The lowest BCUT2D eigenvalue weighted by atomic mass is 9.84. The standard InChI is InChI=1S/C16H32NO3P/c1-3-4-7-13-19-21(2,18)20-14-15-9-8-12-17-11-6-5-10-16(15)17/h15-16H,3-14H2,1-2H3. The van der Waals surface area contributed by atoms with Crippen LogP contribution in [0.4, 0.5) is 0 Å². The van der Waals surface area contributed by atoms with Crippen molar-refractivity contribution in [3.8, 4) is 0 Å². The van der Waals surface area contributed by atoms with Crippen molar-refractivity contribution in [2.75, 3.05) is 33.0 Å². The van der Waals surface area contributed by atoms with Gasteiger partial charge in [-0.15, -0.1) is 0 Å². The van der Waals surface area contributed by atoms with E-state index < -0.39 is 7.60 Å². The van der Waals surface area contributed by atoms with Crippen LogP contribution in [0.2, 0.25) is 0 Å². The number of rotatable bonds is 8. The molecule has 0 aromatic heterocycles. The normalized spacial score (nSPS) is 29.8. The molecule has 2 fully saturated rings. The summed E-state index contributed by atoms with van der Waals surface area (Å²) in [5, 5.41) is 0. The molecule has 0 bridgehead atoms. The quantitative estimate of drug-likeness (QED) is 0.494. The van der Waals surface area contributed by atoms with E-state index in [0.29, 0.717) is 25.2 Å². The van der Waals surface area contributed by atoms with Crippen LogP contribution < -0.4 is 0 Å². The van der Waals surface area contributed by atoms with Crippen molar-refractivity contribution in [2.24, 2.45) is 5.92 Å². The summed E-state index contributed by atoms with van der Waals surface area (Å²) in [6, 6.07) is 0.646. The van der Waals surface area contributed by atoms with Crippen molar-refractivity contribution >= 4 is 7.60 Å². The number of nitrogens with zero attached hydrogens (tertiary/aromatic N) is 1. The fourth-order valence-electron chi connectivity index (χ4n) is 3.62. The molecule has 124 valence electrons. The number of unbranched alkanes of at least 4 members (excludes halogenated alkanes) is 2. The molecule has 2 aliphatic heterocycles. The molecule has 21 heavy (non-hydrogen) atoms. The number of fused-ring (bicyclic) bond motifs is 1. The highest BCUT2D eigenvalue weighted by Crippen LogP contribution is 2.45. The van der Waals surface area contributed by atoms with Gasteiger partial charge in [0.2, 0.25) is 0 Å². The SMILES string of the molecule is CCCCCOP(C)(=O)OCC1CCCN2CCCCC12. The van der Waals surface area contributed by atoms with E-state index in [1.807, 2.05) is 0 Å². The van der Waals surface area contributed by atoms with Crippen LogP contribution in [-0.4, -0.2) is 43.9 Å². The third kappa shape index (κ3) is 5.67. The van der Waals surface area contributed by atoms with Crippen LogP contribution in [0.25, 0.3) is 0 Å². The minimum atomic E-state index is -2.87. The Morgan fingerprint density at radius 1 is 1.10 bits per heavy atom. The second-order valence-corrected chi connectivity index (χ2v) is 8.67. The first-order chi connectivity index (χ1) is 10.1. The van der Waals surface area contributed by atoms with Crippen LogP contribution in [0.3, 0.4) is 0 Å². The molecule has 0 aliphatic carbocycles. The van der Waals surface area contributed by atoms with Gasteiger partial charge in [-0.3, -0.25) is 4.57 Å². The first-order valence-electron chi connectivity index (χ1n) is 8.73. The number of piperidine rings is 2. The van der Waals surface area contributed by atoms with Gasteiger partial charge < -0.3 is 13.9 Å². The lowest BCUT2D eigenvalue weighted by Gasteiger charge is -2.44. The molecule has 3 atom stereocenters. The molecule has 2 rings (SSSR count). The molecule has 3 unspecified atom stereocenters. The Morgan fingerprint density at radius 2 is 1.90 bits per heavy atom. The van der Waals surface area contributed by atoms with Gasteiger partial charge in [0.05, 0.1) is 13.2 Å². The fraction of sp³-hybridized carbons (Fsp3) is 1.00. The van der Waals surface area contributed by atoms with Gasteiger partial charge in [0.1, 0.15) is 0 Å². The minimum Gasteiger partial charge on any atom is -0.309 e. The molecule has 0 amide bonds. The van der Waals surface area contributed by atoms with Crippen molar-refractivity contribution in [1.82, 2.24) is 4.90 Å². The molecule has 0 spiro atoms. The second kappa shape index (κ2) is 8.67. The Morgan fingerprint density at radius 3 is 2.71 bits per heavy atom. The molecular formula is C16H32NO3P. The molecule has 0 aromatic rings. The monoisotopic (exact) mass is 317 g/mol. The summed E-state index contributed by atoms with van der Waals surface area (Å²) in [6.07, 6.45) is 9.63. The van der Waals surface area contributed by atoms with E-state index in [1.54, 1.807) is 6.66 Å². The van der Waals surface area contributed by atoms with Crippen LogP contribution >= 0.6 is 7.60 Å². The third-order valence-corrected chi connectivity index (χ3v) is 6.10. The Bertz CT molecular complexity index is 348. The van der Waals surface area contributed by atoms with Gasteiger partial charge in [0.25, 0.3) is 0 Å². The van der Waals surface area contributed by atoms with Crippen molar-refractivity contribution in [1.29, 1.82) is 0 Å². The van der Waals surface area contributed by atoms with Crippen LogP contribution in [0.15, 0.2) is 0 Å². The first-order valence-corrected chi connectivity index (χ1v) is 10.7. The average molecular weight is 317 g/mol. The van der Waals surface area contributed by atoms with E-state index in [-0.39, 0.29) is 0 Å². The number of hydrogen-bond acceptors (Lipinski definition) is 4. The van der Waals surface area contributed by atoms with E-state index in [9.17, 15) is 4.57 Å². The zero-order chi connectivity index (χ0) is 15.1. The van der Waals surface area contributed by atoms with Gasteiger partial charge in [-0.05, 0) is 51.1 Å². The van der Waals surface area contributed by atoms with Crippen molar-refractivity contribution in [2.45, 2.75) is 64.3 Å². The Hall–Kier alpha value is 0.110. The van der Waals surface area contributed by atoms with E-state index in [2.05, 4.69) is 11.8 Å². The molecule has 4 nitrogen and oxygen atoms in total. The third-order valence-electron chi connectivity index (χ3n) is 4.83. The van der Waals surface area contributed by atoms with Gasteiger partial charge in [-0.25, -0.2) is 0 Å². The highest BCUT2D eigenvalue weighted by molar-refractivity contribution is 7.52. The van der Waals surface area contributed by atoms with E-state index in [1.165, 1.54) is 45.2 Å². The van der Waals surface area contributed by atoms with Gasteiger partial charge >= 0.3 is 7.60 Å². The summed E-state index contributed by atoms with van der Waals surface area (Å²) in [5.74, 6) is 0.534. The molecule has 5 heteroatoms. The molecule has 0 N–H and O–H groups in total. The molecule has 2 saturated heterocycles. The Labute approximate surface area is 130 Å². The van der Waals surface area contributed by atoms with Crippen LogP contribution in [-0.2, 0) is 13.6 Å². The van der Waals surface area contributed by atoms with E-state index in [0.717, 1.165) is 19.3 Å². The summed E-state index contributed by atoms with van der Waals surface area (Å²) in [6.45, 7) is 7.41. The van der Waals surface area contributed by atoms with Crippen molar-refractivity contribution < 1.29 is 13.6 Å². The maximum absolute atomic E-state index is 12.3. The largest absolute Gasteiger partial charge is 0.327 e. The van der Waals surface area contributed by atoms with Gasteiger partial charge in [0, 0.05) is 12.7 Å². The average Bonchev–Trinajstić information content (AvgIpc) is 2.50. The fourth-order valence-corrected chi connectivity index (χ4v) is 4.62. The molecule has 2 heterocycles. The van der Waals surface area contributed by atoms with Crippen LogP contribution in [0.5, 0.6) is 0 Å². The summed E-state index contributed by atoms with van der Waals surface area (Å²) < 4.78 is 23.5. The van der Waals surface area contributed by atoms with Crippen LogP contribution in [0, 0.1) is 5.92 Å². The van der Waals surface area contributed by atoms with Crippen molar-refractivity contribution in [3.63, 3.8) is 0 Å². The maximum atomic E-state index is 12.3. The molecular weight excluding hydrogens is 285 g/mol. The predicted molar refractivity (Wildman–Crippen MR) is 86.9 cm³/mol. The molecule has 2 aliphatic rings. The smallest absolute Gasteiger partial charge is 0.309 e. The molecule has 0 aromatic carbocycles. The van der Waals surface area contributed by atoms with Crippen LogP contribution in [0.1, 0.15) is 58.3 Å². The molecule has 0 radical (unpaired) electrons. The zero-order valence-corrected chi connectivity index (χ0v) is 14.7. The van der Waals surface area contributed by atoms with E-state index >= 15 is 0 Å². The summed E-state index contributed by atoms with van der Waals surface area (Å²) in [7, 11) is -2.87. The first kappa shape index (κ1) is 17.5. The summed E-state index contributed by atoms with van der Waals surface area (Å²) in [4.78, 5) is 2.61. The topological polar surface area (TPSA) is 38.8 Å². The summed E-state index contributed by atoms with van der Waals surface area (Å²) in [5.41, 5.74) is 0. The second-order valence-electron chi connectivity index (χ2n) is 6.61. The lowest BCUT2D eigenvalue weighted by Crippen LogP contribution is -2.49. The van der Waals surface area contributed by atoms with Gasteiger partial charge in [-0.2, -0.15) is 0 Å². The van der Waals surface area contributed by atoms with Gasteiger partial charge in [0.15, 0.2) is 0 Å². The zero-order valence-electron chi connectivity index (χ0n) is 13.8.